The number of halogens is 2. The first-order valence-electron chi connectivity index (χ1n) is 5.42. The van der Waals surface area contributed by atoms with E-state index in [1.54, 1.807) is 13.0 Å². The Bertz CT molecular complexity index is 329. The van der Waals surface area contributed by atoms with Crippen LogP contribution in [-0.2, 0) is 6.54 Å². The quantitative estimate of drug-likeness (QED) is 0.771. The van der Waals surface area contributed by atoms with Crippen molar-refractivity contribution in [3.05, 3.63) is 33.8 Å². The number of nitrogens with one attached hydrogen (secondary N) is 1. The highest BCUT2D eigenvalue weighted by Gasteiger charge is 2.01. The first kappa shape index (κ1) is 13.8. The third-order valence-corrected chi connectivity index (χ3v) is 2.89. The van der Waals surface area contributed by atoms with Crippen molar-refractivity contribution >= 4 is 23.2 Å². The third-order valence-electron chi connectivity index (χ3n) is 2.31. The molecule has 0 heterocycles. The van der Waals surface area contributed by atoms with E-state index < -0.39 is 0 Å². The van der Waals surface area contributed by atoms with Gasteiger partial charge in [0.2, 0.25) is 0 Å². The minimum atomic E-state index is -0.221. The maximum Gasteiger partial charge on any atom is 0.0512 e. The summed E-state index contributed by atoms with van der Waals surface area (Å²) in [5.74, 6) is 0. The molecule has 4 heteroatoms. The van der Waals surface area contributed by atoms with Crippen LogP contribution >= 0.6 is 23.2 Å². The van der Waals surface area contributed by atoms with Crippen molar-refractivity contribution in [2.24, 2.45) is 0 Å². The summed E-state index contributed by atoms with van der Waals surface area (Å²) in [6, 6.07) is 5.50. The van der Waals surface area contributed by atoms with E-state index in [-0.39, 0.29) is 6.10 Å². The lowest BCUT2D eigenvalue weighted by Crippen LogP contribution is -2.16. The second kappa shape index (κ2) is 7.13. The summed E-state index contributed by atoms with van der Waals surface area (Å²) in [6.45, 7) is 3.41. The number of aliphatic hydroxyl groups is 1. The van der Waals surface area contributed by atoms with E-state index in [9.17, 15) is 0 Å². The lowest BCUT2D eigenvalue weighted by molar-refractivity contribution is 0.181. The van der Waals surface area contributed by atoms with Crippen LogP contribution < -0.4 is 5.32 Å². The molecule has 0 fully saturated rings. The molecule has 0 aromatic heterocycles. The van der Waals surface area contributed by atoms with Gasteiger partial charge in [0.15, 0.2) is 0 Å². The largest absolute Gasteiger partial charge is 0.393 e. The molecular formula is C12H17Cl2NO. The number of benzene rings is 1. The van der Waals surface area contributed by atoms with Gasteiger partial charge in [-0.3, -0.25) is 0 Å². The van der Waals surface area contributed by atoms with E-state index in [0.29, 0.717) is 10.0 Å². The van der Waals surface area contributed by atoms with E-state index in [2.05, 4.69) is 5.32 Å². The highest BCUT2D eigenvalue weighted by molar-refractivity contribution is 6.35. The zero-order chi connectivity index (χ0) is 12.0. The molecule has 1 aromatic rings. The smallest absolute Gasteiger partial charge is 0.0512 e. The van der Waals surface area contributed by atoms with Crippen LogP contribution in [-0.4, -0.2) is 17.8 Å². The Kier molecular flexibility index (Phi) is 6.14. The van der Waals surface area contributed by atoms with Crippen molar-refractivity contribution in [2.45, 2.75) is 32.4 Å². The topological polar surface area (TPSA) is 32.3 Å². The van der Waals surface area contributed by atoms with Crippen molar-refractivity contribution in [2.75, 3.05) is 6.54 Å². The first-order chi connectivity index (χ1) is 7.59. The van der Waals surface area contributed by atoms with Crippen molar-refractivity contribution in [1.82, 2.24) is 5.32 Å². The van der Waals surface area contributed by atoms with Gasteiger partial charge in [0, 0.05) is 16.6 Å². The molecular weight excluding hydrogens is 245 g/mol. The standard InChI is InChI=1S/C12H17Cl2NO/c1-9(16)3-2-6-15-8-10-4-5-11(13)7-12(10)14/h4-5,7,9,15-16H,2-3,6,8H2,1H3. The number of aliphatic hydroxyl groups excluding tert-OH is 1. The van der Waals surface area contributed by atoms with Gasteiger partial charge in [0.05, 0.1) is 6.10 Å². The molecule has 2 N–H and O–H groups in total. The second-order valence-electron chi connectivity index (χ2n) is 3.90. The zero-order valence-corrected chi connectivity index (χ0v) is 10.9. The molecule has 2 nitrogen and oxygen atoms in total. The van der Waals surface area contributed by atoms with Crippen LogP contribution in [0.3, 0.4) is 0 Å². The summed E-state index contributed by atoms with van der Waals surface area (Å²) < 4.78 is 0. The summed E-state index contributed by atoms with van der Waals surface area (Å²) in [5, 5.41) is 13.7. The number of hydrogen-bond donors (Lipinski definition) is 2. The van der Waals surface area contributed by atoms with Crippen LogP contribution in [0.2, 0.25) is 10.0 Å². The van der Waals surface area contributed by atoms with Gasteiger partial charge in [-0.1, -0.05) is 29.3 Å². The minimum absolute atomic E-state index is 0.221. The Morgan fingerprint density at radius 2 is 2.12 bits per heavy atom. The van der Waals surface area contributed by atoms with Gasteiger partial charge in [-0.05, 0) is 44.0 Å². The van der Waals surface area contributed by atoms with Crippen molar-refractivity contribution in [3.8, 4) is 0 Å². The van der Waals surface area contributed by atoms with Crippen LogP contribution in [0.4, 0.5) is 0 Å². The summed E-state index contributed by atoms with van der Waals surface area (Å²) in [7, 11) is 0. The predicted octanol–water partition coefficient (Wildman–Crippen LogP) is 3.24. The first-order valence-corrected chi connectivity index (χ1v) is 6.18. The summed E-state index contributed by atoms with van der Waals surface area (Å²) >= 11 is 11.8. The molecule has 1 aromatic carbocycles. The molecule has 90 valence electrons. The molecule has 0 radical (unpaired) electrons. The Hall–Kier alpha value is -0.280. The van der Waals surface area contributed by atoms with Gasteiger partial charge in [-0.2, -0.15) is 0 Å². The lowest BCUT2D eigenvalue weighted by atomic mass is 10.2. The van der Waals surface area contributed by atoms with Gasteiger partial charge in [-0.15, -0.1) is 0 Å². The number of hydrogen-bond acceptors (Lipinski definition) is 2. The molecule has 0 saturated heterocycles. The Morgan fingerprint density at radius 1 is 1.38 bits per heavy atom. The highest BCUT2D eigenvalue weighted by atomic mass is 35.5. The molecule has 0 saturated carbocycles. The molecule has 1 unspecified atom stereocenters. The Balaban J connectivity index is 2.27. The van der Waals surface area contributed by atoms with Crippen molar-refractivity contribution in [3.63, 3.8) is 0 Å². The number of rotatable bonds is 6. The van der Waals surface area contributed by atoms with Gasteiger partial charge in [0.1, 0.15) is 0 Å². The Morgan fingerprint density at radius 3 is 2.75 bits per heavy atom. The molecule has 0 aliphatic rings. The van der Waals surface area contributed by atoms with Crippen LogP contribution in [0.1, 0.15) is 25.3 Å². The molecule has 0 aliphatic carbocycles. The van der Waals surface area contributed by atoms with E-state index in [1.165, 1.54) is 0 Å². The van der Waals surface area contributed by atoms with Gasteiger partial charge >= 0.3 is 0 Å². The zero-order valence-electron chi connectivity index (χ0n) is 9.34. The minimum Gasteiger partial charge on any atom is -0.393 e. The SMILES string of the molecule is CC(O)CCCNCc1ccc(Cl)cc1Cl. The molecule has 1 atom stereocenters. The maximum atomic E-state index is 9.08. The predicted molar refractivity (Wildman–Crippen MR) is 69.1 cm³/mol. The normalized spacial score (nSPS) is 12.8. The van der Waals surface area contributed by atoms with Crippen LogP contribution in [0.15, 0.2) is 18.2 Å². The summed E-state index contributed by atoms with van der Waals surface area (Å²) in [5.41, 5.74) is 1.04. The highest BCUT2D eigenvalue weighted by Crippen LogP contribution is 2.20. The van der Waals surface area contributed by atoms with Crippen LogP contribution in [0.25, 0.3) is 0 Å². The average molecular weight is 262 g/mol. The van der Waals surface area contributed by atoms with E-state index >= 15 is 0 Å². The molecule has 0 aliphatic heterocycles. The summed E-state index contributed by atoms with van der Waals surface area (Å²) in [4.78, 5) is 0. The fourth-order valence-electron chi connectivity index (χ4n) is 1.41. The van der Waals surface area contributed by atoms with E-state index in [0.717, 1.165) is 31.5 Å². The summed E-state index contributed by atoms with van der Waals surface area (Å²) in [6.07, 6.45) is 1.56. The van der Waals surface area contributed by atoms with Crippen molar-refractivity contribution < 1.29 is 5.11 Å². The molecule has 0 bridgehead atoms. The van der Waals surface area contributed by atoms with Gasteiger partial charge < -0.3 is 10.4 Å². The van der Waals surface area contributed by atoms with Gasteiger partial charge in [0.25, 0.3) is 0 Å². The average Bonchev–Trinajstić information content (AvgIpc) is 2.20. The fourth-order valence-corrected chi connectivity index (χ4v) is 1.89. The van der Waals surface area contributed by atoms with Gasteiger partial charge in [-0.25, -0.2) is 0 Å². The van der Waals surface area contributed by atoms with Crippen LogP contribution in [0.5, 0.6) is 0 Å². The van der Waals surface area contributed by atoms with Crippen LogP contribution in [0, 0.1) is 0 Å². The fraction of sp³-hybridized carbons (Fsp3) is 0.500. The molecule has 0 amide bonds. The molecule has 16 heavy (non-hydrogen) atoms. The second-order valence-corrected chi connectivity index (χ2v) is 4.75. The third kappa shape index (κ3) is 5.17. The lowest BCUT2D eigenvalue weighted by Gasteiger charge is -2.08. The monoisotopic (exact) mass is 261 g/mol. The van der Waals surface area contributed by atoms with E-state index in [1.807, 2.05) is 12.1 Å². The van der Waals surface area contributed by atoms with Crippen molar-refractivity contribution in [1.29, 1.82) is 0 Å². The molecule has 0 spiro atoms. The Labute approximate surface area is 107 Å². The van der Waals surface area contributed by atoms with E-state index in [4.69, 9.17) is 28.3 Å². The molecule has 1 rings (SSSR count). The maximum absolute atomic E-state index is 9.08.